The summed E-state index contributed by atoms with van der Waals surface area (Å²) in [5.41, 5.74) is 2.59. The Hall–Kier alpha value is -1.02. The van der Waals surface area contributed by atoms with Gasteiger partial charge in [-0.1, -0.05) is 17.7 Å². The molecule has 0 aromatic heterocycles. The summed E-state index contributed by atoms with van der Waals surface area (Å²) in [5, 5.41) is 3.68. The minimum atomic E-state index is 0.636. The first kappa shape index (κ1) is 13.4. The molecule has 2 rings (SSSR count). The molecule has 2 nitrogen and oxygen atoms in total. The van der Waals surface area contributed by atoms with Crippen molar-refractivity contribution in [3.8, 4) is 0 Å². The van der Waals surface area contributed by atoms with Gasteiger partial charge in [0.25, 0.3) is 0 Å². The van der Waals surface area contributed by atoms with Crippen LogP contribution in [0.4, 0.5) is 5.69 Å². The molecular formula is C16H26N2. The molecule has 1 heterocycles. The summed E-state index contributed by atoms with van der Waals surface area (Å²) in [4.78, 5) is 2.59. The highest BCUT2D eigenvalue weighted by Gasteiger charge is 2.18. The van der Waals surface area contributed by atoms with Crippen LogP contribution in [0, 0.1) is 6.92 Å². The highest BCUT2D eigenvalue weighted by molar-refractivity contribution is 5.45. The van der Waals surface area contributed by atoms with E-state index in [1.807, 2.05) is 0 Å². The molecule has 1 N–H and O–H groups in total. The van der Waals surface area contributed by atoms with Crippen molar-refractivity contribution in [2.45, 2.75) is 52.1 Å². The van der Waals surface area contributed by atoms with Crippen molar-refractivity contribution in [3.05, 3.63) is 29.8 Å². The summed E-state index contributed by atoms with van der Waals surface area (Å²) in [6, 6.07) is 10.1. The van der Waals surface area contributed by atoms with Crippen molar-refractivity contribution in [1.82, 2.24) is 4.90 Å². The summed E-state index contributed by atoms with van der Waals surface area (Å²) >= 11 is 0. The number of nitrogens with one attached hydrogen (secondary N) is 1. The minimum absolute atomic E-state index is 0.636. The fourth-order valence-corrected chi connectivity index (χ4v) is 2.66. The van der Waals surface area contributed by atoms with Crippen LogP contribution >= 0.6 is 0 Å². The van der Waals surface area contributed by atoms with E-state index in [1.54, 1.807) is 0 Å². The van der Waals surface area contributed by atoms with Crippen LogP contribution in [0.1, 0.15) is 38.7 Å². The molecular weight excluding hydrogens is 220 g/mol. The van der Waals surface area contributed by atoms with Gasteiger partial charge in [0.15, 0.2) is 0 Å². The first-order valence-corrected chi connectivity index (χ1v) is 7.22. The fourth-order valence-electron chi connectivity index (χ4n) is 2.66. The number of rotatable bonds is 3. The summed E-state index contributed by atoms with van der Waals surface area (Å²) in [5.74, 6) is 0. The van der Waals surface area contributed by atoms with E-state index in [0.29, 0.717) is 12.1 Å². The summed E-state index contributed by atoms with van der Waals surface area (Å²) < 4.78 is 0. The number of aryl methyl sites for hydroxylation is 1. The normalized spacial score (nSPS) is 21.9. The lowest BCUT2D eigenvalue weighted by Crippen LogP contribution is -2.32. The van der Waals surface area contributed by atoms with Crippen LogP contribution in [-0.2, 0) is 0 Å². The van der Waals surface area contributed by atoms with E-state index in [-0.39, 0.29) is 0 Å². The van der Waals surface area contributed by atoms with Crippen molar-refractivity contribution in [1.29, 1.82) is 0 Å². The van der Waals surface area contributed by atoms with Crippen LogP contribution in [0.3, 0.4) is 0 Å². The molecule has 0 spiro atoms. The number of likely N-dealkylation sites (tertiary alicyclic amines) is 1. The lowest BCUT2D eigenvalue weighted by atomic mass is 10.1. The van der Waals surface area contributed by atoms with Gasteiger partial charge in [-0.15, -0.1) is 0 Å². The molecule has 0 radical (unpaired) electrons. The molecule has 1 fully saturated rings. The second-order valence-electron chi connectivity index (χ2n) is 5.77. The molecule has 1 aromatic rings. The van der Waals surface area contributed by atoms with Gasteiger partial charge in [-0.25, -0.2) is 0 Å². The lowest BCUT2D eigenvalue weighted by molar-refractivity contribution is 0.230. The molecule has 1 saturated heterocycles. The fraction of sp³-hybridized carbons (Fsp3) is 0.625. The predicted octanol–water partition coefficient (Wildman–Crippen LogP) is 3.67. The Bertz CT molecular complexity index is 356. The molecule has 0 amide bonds. The van der Waals surface area contributed by atoms with Crippen LogP contribution in [0.25, 0.3) is 0 Å². The summed E-state index contributed by atoms with van der Waals surface area (Å²) in [6.45, 7) is 9.21. The first-order valence-electron chi connectivity index (χ1n) is 7.22. The average Bonchev–Trinajstić information content (AvgIpc) is 2.58. The Morgan fingerprint density at radius 3 is 2.50 bits per heavy atom. The predicted molar refractivity (Wildman–Crippen MR) is 79.1 cm³/mol. The van der Waals surface area contributed by atoms with Gasteiger partial charge in [0.1, 0.15) is 0 Å². The molecule has 1 aliphatic heterocycles. The molecule has 0 bridgehead atoms. The second kappa shape index (κ2) is 6.24. The quantitative estimate of drug-likeness (QED) is 0.875. The van der Waals surface area contributed by atoms with Crippen LogP contribution in [-0.4, -0.2) is 30.1 Å². The molecule has 1 unspecified atom stereocenters. The van der Waals surface area contributed by atoms with Gasteiger partial charge in [-0.3, -0.25) is 0 Å². The van der Waals surface area contributed by atoms with Gasteiger partial charge in [0.05, 0.1) is 0 Å². The summed E-state index contributed by atoms with van der Waals surface area (Å²) in [7, 11) is 0. The highest BCUT2D eigenvalue weighted by Crippen LogP contribution is 2.18. The third-order valence-electron chi connectivity index (χ3n) is 3.92. The van der Waals surface area contributed by atoms with E-state index < -0.39 is 0 Å². The van der Waals surface area contributed by atoms with Gasteiger partial charge in [0, 0.05) is 24.3 Å². The van der Waals surface area contributed by atoms with Crippen molar-refractivity contribution < 1.29 is 0 Å². The second-order valence-corrected chi connectivity index (χ2v) is 5.77. The number of benzene rings is 1. The maximum Gasteiger partial charge on any atom is 0.0342 e. The third kappa shape index (κ3) is 3.74. The van der Waals surface area contributed by atoms with Gasteiger partial charge in [-0.2, -0.15) is 0 Å². The van der Waals surface area contributed by atoms with Gasteiger partial charge in [0.2, 0.25) is 0 Å². The van der Waals surface area contributed by atoms with E-state index in [4.69, 9.17) is 0 Å². The Labute approximate surface area is 111 Å². The van der Waals surface area contributed by atoms with Gasteiger partial charge >= 0.3 is 0 Å². The molecule has 0 saturated carbocycles. The molecule has 1 aromatic carbocycles. The number of nitrogens with zero attached hydrogens (tertiary/aromatic N) is 1. The summed E-state index contributed by atoms with van der Waals surface area (Å²) in [6.07, 6.45) is 3.85. The van der Waals surface area contributed by atoms with E-state index in [9.17, 15) is 0 Å². The standard InChI is InChI=1S/C16H26N2/c1-13(2)18-11-4-5-15(10-12-18)17-16-8-6-14(3)7-9-16/h6-9,13,15,17H,4-5,10-12H2,1-3H3. The van der Waals surface area contributed by atoms with E-state index >= 15 is 0 Å². The van der Waals surface area contributed by atoms with Gasteiger partial charge in [-0.05, 0) is 58.7 Å². The minimum Gasteiger partial charge on any atom is -0.382 e. The molecule has 1 atom stereocenters. The zero-order valence-corrected chi connectivity index (χ0v) is 11.9. The Morgan fingerprint density at radius 1 is 1.11 bits per heavy atom. The average molecular weight is 246 g/mol. The highest BCUT2D eigenvalue weighted by atomic mass is 15.1. The zero-order valence-electron chi connectivity index (χ0n) is 11.9. The molecule has 100 valence electrons. The Balaban J connectivity index is 1.88. The van der Waals surface area contributed by atoms with Gasteiger partial charge < -0.3 is 10.2 Å². The maximum absolute atomic E-state index is 3.68. The topological polar surface area (TPSA) is 15.3 Å². The van der Waals surface area contributed by atoms with Crippen LogP contribution in [0.2, 0.25) is 0 Å². The number of anilines is 1. The van der Waals surface area contributed by atoms with Crippen LogP contribution in [0.15, 0.2) is 24.3 Å². The third-order valence-corrected chi connectivity index (χ3v) is 3.92. The Kier molecular flexibility index (Phi) is 4.65. The largest absolute Gasteiger partial charge is 0.382 e. The van der Waals surface area contributed by atoms with Crippen molar-refractivity contribution >= 4 is 5.69 Å². The molecule has 2 heteroatoms. The van der Waals surface area contributed by atoms with E-state index in [2.05, 4.69) is 55.3 Å². The number of hydrogen-bond donors (Lipinski definition) is 1. The Morgan fingerprint density at radius 2 is 1.83 bits per heavy atom. The molecule has 0 aliphatic carbocycles. The van der Waals surface area contributed by atoms with E-state index in [1.165, 1.54) is 43.6 Å². The van der Waals surface area contributed by atoms with Crippen LogP contribution < -0.4 is 5.32 Å². The van der Waals surface area contributed by atoms with Crippen LogP contribution in [0.5, 0.6) is 0 Å². The van der Waals surface area contributed by atoms with Crippen molar-refractivity contribution in [2.24, 2.45) is 0 Å². The van der Waals surface area contributed by atoms with Crippen molar-refractivity contribution in [3.63, 3.8) is 0 Å². The maximum atomic E-state index is 3.68. The molecule has 1 aliphatic rings. The van der Waals surface area contributed by atoms with Crippen molar-refractivity contribution in [2.75, 3.05) is 18.4 Å². The SMILES string of the molecule is Cc1ccc(NC2CCCN(C(C)C)CC2)cc1. The first-order chi connectivity index (χ1) is 8.65. The number of hydrogen-bond acceptors (Lipinski definition) is 2. The van der Waals surface area contributed by atoms with E-state index in [0.717, 1.165) is 0 Å². The monoisotopic (exact) mass is 246 g/mol. The smallest absolute Gasteiger partial charge is 0.0342 e. The lowest BCUT2D eigenvalue weighted by Gasteiger charge is -2.24. The molecule has 18 heavy (non-hydrogen) atoms. The zero-order chi connectivity index (χ0) is 13.0.